The zero-order valence-electron chi connectivity index (χ0n) is 21.3. The van der Waals surface area contributed by atoms with Gasteiger partial charge in [0.2, 0.25) is 0 Å². The Labute approximate surface area is 225 Å². The van der Waals surface area contributed by atoms with Gasteiger partial charge < -0.3 is 10.6 Å². The number of halogens is 2. The van der Waals surface area contributed by atoms with Gasteiger partial charge in [0, 0.05) is 23.8 Å². The van der Waals surface area contributed by atoms with Crippen molar-refractivity contribution in [3.05, 3.63) is 76.5 Å². The highest BCUT2D eigenvalue weighted by molar-refractivity contribution is 6.36. The van der Waals surface area contributed by atoms with Crippen LogP contribution in [-0.2, 0) is 5.44 Å². The molecule has 2 heterocycles. The molecule has 1 saturated carbocycles. The van der Waals surface area contributed by atoms with Gasteiger partial charge >= 0.3 is 0 Å². The molecule has 0 radical (unpaired) electrons. The number of aromatic nitrogens is 4. The maximum Gasteiger partial charge on any atom is 0.148 e. The van der Waals surface area contributed by atoms with E-state index in [1.807, 2.05) is 38.6 Å². The first kappa shape index (κ1) is 25.5. The molecule has 0 spiro atoms. The maximum atomic E-state index is 13.8. The van der Waals surface area contributed by atoms with Gasteiger partial charge in [-0.25, -0.2) is 9.07 Å². The van der Waals surface area contributed by atoms with E-state index in [0.717, 1.165) is 18.4 Å². The minimum atomic E-state index is -0.880. The fraction of sp³-hybridized carbons (Fsp3) is 0.296. The Morgan fingerprint density at radius 3 is 2.61 bits per heavy atom. The summed E-state index contributed by atoms with van der Waals surface area (Å²) in [4.78, 5) is 4.42. The standard InChI is InChI=1S/C27H25BClFN8/c1-26(2,14-32)15-34-24-16(11-31)12-33-25-21(24)9-19(10-22(25)29)35-27(28,17-3-5-18(30)6-4-17)23-13-38(37-36-23)20-7-8-20/h3-6,9-10,12-13,20,35H,7-8,15,28H2,1-2H3,(H,33,34). The molecule has 0 aliphatic heterocycles. The summed E-state index contributed by atoms with van der Waals surface area (Å²) in [5.41, 5.74) is 1.99. The Balaban J connectivity index is 1.61. The highest BCUT2D eigenvalue weighted by Crippen LogP contribution is 2.38. The Hall–Kier alpha value is -4.15. The molecule has 1 atom stereocenters. The molecule has 38 heavy (non-hydrogen) atoms. The van der Waals surface area contributed by atoms with Crippen molar-refractivity contribution < 1.29 is 4.39 Å². The van der Waals surface area contributed by atoms with E-state index in [4.69, 9.17) is 11.6 Å². The third-order valence-electron chi connectivity index (χ3n) is 6.81. The molecule has 1 aliphatic carbocycles. The van der Waals surface area contributed by atoms with Crippen molar-refractivity contribution in [3.63, 3.8) is 0 Å². The second-order valence-corrected chi connectivity index (χ2v) is 10.8. The molecule has 0 bridgehead atoms. The first-order valence-corrected chi connectivity index (χ1v) is 12.7. The van der Waals surface area contributed by atoms with Crippen LogP contribution in [0.3, 0.4) is 0 Å². The second-order valence-electron chi connectivity index (χ2n) is 10.4. The first-order chi connectivity index (χ1) is 18.1. The number of benzene rings is 2. The zero-order chi connectivity index (χ0) is 27.1. The molecule has 8 nitrogen and oxygen atoms in total. The average Bonchev–Trinajstić information content (AvgIpc) is 3.63. The molecule has 2 N–H and O–H groups in total. The van der Waals surface area contributed by atoms with E-state index in [-0.39, 0.29) is 5.82 Å². The van der Waals surface area contributed by atoms with Gasteiger partial charge in [0.25, 0.3) is 0 Å². The minimum absolute atomic E-state index is 0.324. The number of nitriles is 2. The third-order valence-corrected chi connectivity index (χ3v) is 7.10. The summed E-state index contributed by atoms with van der Waals surface area (Å²) < 4.78 is 15.7. The number of pyridine rings is 1. The van der Waals surface area contributed by atoms with Gasteiger partial charge in [-0.1, -0.05) is 28.9 Å². The summed E-state index contributed by atoms with van der Waals surface area (Å²) >= 11 is 6.70. The van der Waals surface area contributed by atoms with Crippen LogP contribution in [0.2, 0.25) is 5.02 Å². The molecule has 2 aromatic carbocycles. The SMILES string of the molecule is BC(Nc1cc(Cl)c2ncc(C#N)c(NCC(C)(C)C#N)c2c1)(c1ccc(F)cc1)c1cn(C2CC2)nn1. The number of nitrogens with one attached hydrogen (secondary N) is 2. The fourth-order valence-electron chi connectivity index (χ4n) is 4.34. The lowest BCUT2D eigenvalue weighted by Crippen LogP contribution is -2.37. The lowest BCUT2D eigenvalue weighted by Gasteiger charge is -2.31. The number of hydrogen-bond acceptors (Lipinski definition) is 7. The summed E-state index contributed by atoms with van der Waals surface area (Å²) in [6, 6.07) is 14.7. The maximum absolute atomic E-state index is 13.8. The van der Waals surface area contributed by atoms with E-state index in [0.29, 0.717) is 51.1 Å². The van der Waals surface area contributed by atoms with Gasteiger partial charge in [-0.05, 0) is 56.5 Å². The Morgan fingerprint density at radius 1 is 1.21 bits per heavy atom. The van der Waals surface area contributed by atoms with Gasteiger partial charge in [-0.2, -0.15) is 10.5 Å². The fourth-order valence-corrected chi connectivity index (χ4v) is 4.60. The van der Waals surface area contributed by atoms with Crippen LogP contribution in [0.5, 0.6) is 0 Å². The van der Waals surface area contributed by atoms with Crippen molar-refractivity contribution in [3.8, 4) is 12.1 Å². The quantitative estimate of drug-likeness (QED) is 0.319. The van der Waals surface area contributed by atoms with E-state index < -0.39 is 10.9 Å². The van der Waals surface area contributed by atoms with Gasteiger partial charge in [0.05, 0.1) is 51.0 Å². The predicted octanol–water partition coefficient (Wildman–Crippen LogP) is 4.73. The number of nitrogens with zero attached hydrogens (tertiary/aromatic N) is 6. The summed E-state index contributed by atoms with van der Waals surface area (Å²) in [6.07, 6.45) is 5.53. The van der Waals surface area contributed by atoms with E-state index in [9.17, 15) is 14.9 Å². The molecule has 1 aliphatic rings. The number of rotatable bonds is 8. The molecule has 0 saturated heterocycles. The summed E-state index contributed by atoms with van der Waals surface area (Å²) in [5.74, 6) is -0.336. The van der Waals surface area contributed by atoms with Crippen molar-refractivity contribution in [1.29, 1.82) is 10.5 Å². The Bertz CT molecular complexity index is 1600. The number of anilines is 2. The van der Waals surface area contributed by atoms with Gasteiger partial charge in [0.1, 0.15) is 25.4 Å². The third kappa shape index (κ3) is 4.88. The second kappa shape index (κ2) is 9.62. The monoisotopic (exact) mass is 526 g/mol. The van der Waals surface area contributed by atoms with Crippen molar-refractivity contribution in [2.24, 2.45) is 5.41 Å². The lowest BCUT2D eigenvalue weighted by molar-refractivity contribution is 0.529. The van der Waals surface area contributed by atoms with Crippen LogP contribution in [0.1, 0.15) is 49.6 Å². The van der Waals surface area contributed by atoms with Crippen LogP contribution in [0.4, 0.5) is 15.8 Å². The lowest BCUT2D eigenvalue weighted by atomic mass is 9.69. The van der Waals surface area contributed by atoms with Crippen LogP contribution >= 0.6 is 11.6 Å². The Kier molecular flexibility index (Phi) is 6.46. The summed E-state index contributed by atoms with van der Waals surface area (Å²) in [7, 11) is 1.96. The molecule has 1 unspecified atom stereocenters. The molecule has 0 amide bonds. The van der Waals surface area contributed by atoms with E-state index >= 15 is 0 Å². The molecule has 11 heteroatoms. The van der Waals surface area contributed by atoms with E-state index in [1.54, 1.807) is 18.2 Å². The molecular formula is C27H25BClFN8. The average molecular weight is 527 g/mol. The normalized spacial score (nSPS) is 14.9. The van der Waals surface area contributed by atoms with Gasteiger partial charge in [-0.3, -0.25) is 4.98 Å². The molecule has 4 aromatic rings. The van der Waals surface area contributed by atoms with Crippen molar-refractivity contribution in [1.82, 2.24) is 20.0 Å². The smallest absolute Gasteiger partial charge is 0.148 e. The highest BCUT2D eigenvalue weighted by Gasteiger charge is 2.34. The molecule has 190 valence electrons. The van der Waals surface area contributed by atoms with Crippen LogP contribution in [-0.4, -0.2) is 34.4 Å². The number of fused-ring (bicyclic) bond motifs is 1. The van der Waals surface area contributed by atoms with Gasteiger partial charge in [0.15, 0.2) is 0 Å². The zero-order valence-corrected chi connectivity index (χ0v) is 22.0. The van der Waals surface area contributed by atoms with Crippen LogP contribution < -0.4 is 10.6 Å². The highest BCUT2D eigenvalue weighted by atomic mass is 35.5. The first-order valence-electron chi connectivity index (χ1n) is 12.3. The van der Waals surface area contributed by atoms with E-state index in [2.05, 4.69) is 38.1 Å². The largest absolute Gasteiger partial charge is 0.382 e. The van der Waals surface area contributed by atoms with Crippen LogP contribution in [0.15, 0.2) is 48.8 Å². The molecular weight excluding hydrogens is 502 g/mol. The topological polar surface area (TPSA) is 115 Å². The minimum Gasteiger partial charge on any atom is -0.382 e. The Morgan fingerprint density at radius 2 is 1.95 bits per heavy atom. The van der Waals surface area contributed by atoms with Crippen molar-refractivity contribution >= 4 is 41.7 Å². The van der Waals surface area contributed by atoms with Crippen molar-refractivity contribution in [2.75, 3.05) is 17.2 Å². The molecule has 2 aromatic heterocycles. The van der Waals surface area contributed by atoms with Crippen LogP contribution in [0, 0.1) is 33.9 Å². The van der Waals surface area contributed by atoms with Crippen LogP contribution in [0.25, 0.3) is 10.9 Å². The summed E-state index contributed by atoms with van der Waals surface area (Å²) in [5, 5.41) is 35.9. The molecule has 5 rings (SSSR count). The predicted molar refractivity (Wildman–Crippen MR) is 147 cm³/mol. The number of hydrogen-bond donors (Lipinski definition) is 2. The van der Waals surface area contributed by atoms with Crippen molar-refractivity contribution in [2.45, 2.75) is 38.2 Å². The molecule has 1 fully saturated rings. The van der Waals surface area contributed by atoms with E-state index in [1.165, 1.54) is 18.3 Å². The summed E-state index contributed by atoms with van der Waals surface area (Å²) in [6.45, 7) is 3.96. The van der Waals surface area contributed by atoms with Gasteiger partial charge in [-0.15, -0.1) is 5.10 Å².